The Morgan fingerprint density at radius 3 is 2.58 bits per heavy atom. The minimum absolute atomic E-state index is 0.145. The summed E-state index contributed by atoms with van der Waals surface area (Å²) in [6.45, 7) is 2.22. The van der Waals surface area contributed by atoms with Gasteiger partial charge >= 0.3 is 5.97 Å². The number of carbonyl (C=O) groups is 1. The number of aromatic carboxylic acids is 1. The number of aryl methyl sites for hydroxylation is 1. The van der Waals surface area contributed by atoms with Gasteiger partial charge in [-0.15, -0.1) is 0 Å². The Bertz CT molecular complexity index is 860. The summed E-state index contributed by atoms with van der Waals surface area (Å²) in [4.78, 5) is 15.9. The molecule has 0 spiro atoms. The lowest BCUT2D eigenvalue weighted by Gasteiger charge is -2.12. The number of carboxylic acid groups (broad SMARTS) is 1. The van der Waals surface area contributed by atoms with E-state index in [9.17, 15) is 9.90 Å². The highest BCUT2D eigenvalue weighted by atomic mass is 16.5. The van der Waals surface area contributed by atoms with Gasteiger partial charge in [-0.3, -0.25) is 4.98 Å². The summed E-state index contributed by atoms with van der Waals surface area (Å²) < 4.78 is 5.71. The van der Waals surface area contributed by atoms with Crippen molar-refractivity contribution in [3.05, 3.63) is 83.7 Å². The van der Waals surface area contributed by atoms with Gasteiger partial charge in [0, 0.05) is 17.5 Å². The van der Waals surface area contributed by atoms with Gasteiger partial charge in [0.25, 0.3) is 0 Å². The monoisotopic (exact) mass is 319 g/mol. The van der Waals surface area contributed by atoms with Crippen molar-refractivity contribution in [1.29, 1.82) is 0 Å². The van der Waals surface area contributed by atoms with E-state index in [-0.39, 0.29) is 5.56 Å². The molecule has 0 amide bonds. The second-order valence-electron chi connectivity index (χ2n) is 5.43. The Morgan fingerprint density at radius 2 is 1.88 bits per heavy atom. The van der Waals surface area contributed by atoms with Crippen molar-refractivity contribution in [2.75, 3.05) is 0 Å². The molecule has 0 atom stereocenters. The van der Waals surface area contributed by atoms with Gasteiger partial charge in [-0.25, -0.2) is 4.79 Å². The van der Waals surface area contributed by atoms with E-state index in [1.165, 1.54) is 0 Å². The Hall–Kier alpha value is -3.14. The third kappa shape index (κ3) is 3.43. The van der Waals surface area contributed by atoms with Crippen molar-refractivity contribution in [3.63, 3.8) is 0 Å². The molecule has 3 aromatic rings. The molecular formula is C20H17NO3. The van der Waals surface area contributed by atoms with Crippen molar-refractivity contribution >= 4 is 5.97 Å². The van der Waals surface area contributed by atoms with E-state index in [0.29, 0.717) is 12.4 Å². The number of hydrogen-bond donors (Lipinski definition) is 1. The maximum Gasteiger partial charge on any atom is 0.339 e. The van der Waals surface area contributed by atoms with E-state index in [4.69, 9.17) is 4.74 Å². The molecule has 1 N–H and O–H groups in total. The molecule has 24 heavy (non-hydrogen) atoms. The molecule has 0 radical (unpaired) electrons. The summed E-state index contributed by atoms with van der Waals surface area (Å²) >= 11 is 0. The third-order valence-electron chi connectivity index (χ3n) is 3.77. The number of carboxylic acids is 1. The van der Waals surface area contributed by atoms with Gasteiger partial charge in [-0.1, -0.05) is 42.5 Å². The summed E-state index contributed by atoms with van der Waals surface area (Å²) in [6, 6.07) is 18.6. The van der Waals surface area contributed by atoms with E-state index in [1.54, 1.807) is 18.3 Å². The lowest BCUT2D eigenvalue weighted by molar-refractivity contribution is 0.0692. The standard InChI is InChI=1S/C20H17NO3/c1-14-17(8-5-11-21-14)16-9-10-19(18(12-16)20(22)23)24-13-15-6-3-2-4-7-15/h2-12H,13H2,1H3,(H,22,23). The van der Waals surface area contributed by atoms with Crippen molar-refractivity contribution in [2.24, 2.45) is 0 Å². The first-order chi connectivity index (χ1) is 11.6. The van der Waals surface area contributed by atoms with Crippen LogP contribution in [0.3, 0.4) is 0 Å². The molecule has 0 aliphatic rings. The fraction of sp³-hybridized carbons (Fsp3) is 0.100. The number of pyridine rings is 1. The van der Waals surface area contributed by atoms with Crippen LogP contribution < -0.4 is 4.74 Å². The summed E-state index contributed by atoms with van der Waals surface area (Å²) in [5, 5.41) is 9.51. The zero-order valence-electron chi connectivity index (χ0n) is 13.3. The predicted octanol–water partition coefficient (Wildman–Crippen LogP) is 4.33. The molecular weight excluding hydrogens is 302 g/mol. The lowest BCUT2D eigenvalue weighted by Crippen LogP contribution is -2.04. The van der Waals surface area contributed by atoms with E-state index in [1.807, 2.05) is 55.5 Å². The van der Waals surface area contributed by atoms with Crippen LogP contribution in [0.25, 0.3) is 11.1 Å². The van der Waals surface area contributed by atoms with Gasteiger partial charge < -0.3 is 9.84 Å². The molecule has 3 rings (SSSR count). The van der Waals surface area contributed by atoms with Gasteiger partial charge in [0.1, 0.15) is 17.9 Å². The summed E-state index contributed by atoms with van der Waals surface area (Å²) in [7, 11) is 0. The first-order valence-electron chi connectivity index (χ1n) is 7.61. The Kier molecular flexibility index (Phi) is 4.57. The first-order valence-corrected chi connectivity index (χ1v) is 7.61. The molecule has 0 unspecified atom stereocenters. The van der Waals surface area contributed by atoms with Crippen LogP contribution >= 0.6 is 0 Å². The number of aromatic nitrogens is 1. The van der Waals surface area contributed by atoms with Crippen molar-refractivity contribution in [3.8, 4) is 16.9 Å². The minimum atomic E-state index is -1.01. The number of rotatable bonds is 5. The van der Waals surface area contributed by atoms with Gasteiger partial charge in [0.15, 0.2) is 0 Å². The van der Waals surface area contributed by atoms with Crippen LogP contribution in [0, 0.1) is 6.92 Å². The quantitative estimate of drug-likeness (QED) is 0.760. The zero-order valence-corrected chi connectivity index (χ0v) is 13.3. The van der Waals surface area contributed by atoms with Crippen LogP contribution in [0.5, 0.6) is 5.75 Å². The molecule has 0 bridgehead atoms. The molecule has 0 fully saturated rings. The topological polar surface area (TPSA) is 59.4 Å². The van der Waals surface area contributed by atoms with Crippen LogP contribution in [0.15, 0.2) is 66.9 Å². The fourth-order valence-corrected chi connectivity index (χ4v) is 2.52. The molecule has 120 valence electrons. The highest BCUT2D eigenvalue weighted by Gasteiger charge is 2.14. The van der Waals surface area contributed by atoms with Crippen molar-refractivity contribution in [1.82, 2.24) is 4.98 Å². The molecule has 4 heteroatoms. The molecule has 0 saturated carbocycles. The minimum Gasteiger partial charge on any atom is -0.488 e. The van der Waals surface area contributed by atoms with Crippen molar-refractivity contribution < 1.29 is 14.6 Å². The fourth-order valence-electron chi connectivity index (χ4n) is 2.52. The maximum absolute atomic E-state index is 11.6. The first kappa shape index (κ1) is 15.7. The largest absolute Gasteiger partial charge is 0.488 e. The predicted molar refractivity (Wildman–Crippen MR) is 92.1 cm³/mol. The lowest BCUT2D eigenvalue weighted by atomic mass is 10.0. The Morgan fingerprint density at radius 1 is 1.08 bits per heavy atom. The molecule has 1 aromatic heterocycles. The van der Waals surface area contributed by atoms with Gasteiger partial charge in [0.2, 0.25) is 0 Å². The number of ether oxygens (including phenoxy) is 1. The molecule has 2 aromatic carbocycles. The van der Waals surface area contributed by atoms with E-state index < -0.39 is 5.97 Å². The molecule has 1 heterocycles. The van der Waals surface area contributed by atoms with E-state index in [0.717, 1.165) is 22.4 Å². The number of hydrogen-bond acceptors (Lipinski definition) is 3. The normalized spacial score (nSPS) is 10.4. The summed E-state index contributed by atoms with van der Waals surface area (Å²) in [5.74, 6) is -0.655. The van der Waals surface area contributed by atoms with Crippen LogP contribution in [0.2, 0.25) is 0 Å². The van der Waals surface area contributed by atoms with Crippen molar-refractivity contribution in [2.45, 2.75) is 13.5 Å². The highest BCUT2D eigenvalue weighted by molar-refractivity contribution is 5.92. The smallest absolute Gasteiger partial charge is 0.339 e. The SMILES string of the molecule is Cc1ncccc1-c1ccc(OCc2ccccc2)c(C(=O)O)c1. The Balaban J connectivity index is 1.91. The molecule has 4 nitrogen and oxygen atoms in total. The third-order valence-corrected chi connectivity index (χ3v) is 3.77. The van der Waals surface area contributed by atoms with Gasteiger partial charge in [-0.2, -0.15) is 0 Å². The molecule has 0 aliphatic heterocycles. The van der Waals surface area contributed by atoms with Crippen LogP contribution in [-0.2, 0) is 6.61 Å². The summed E-state index contributed by atoms with van der Waals surface area (Å²) in [5.41, 5.74) is 3.71. The van der Waals surface area contributed by atoms with Crippen LogP contribution in [0.4, 0.5) is 0 Å². The second kappa shape index (κ2) is 6.96. The number of benzene rings is 2. The van der Waals surface area contributed by atoms with E-state index >= 15 is 0 Å². The zero-order chi connectivity index (χ0) is 16.9. The molecule has 0 saturated heterocycles. The van der Waals surface area contributed by atoms with E-state index in [2.05, 4.69) is 4.98 Å². The average Bonchev–Trinajstić information content (AvgIpc) is 2.61. The van der Waals surface area contributed by atoms with Crippen LogP contribution in [-0.4, -0.2) is 16.1 Å². The summed E-state index contributed by atoms with van der Waals surface area (Å²) in [6.07, 6.45) is 1.72. The Labute approximate surface area is 140 Å². The highest BCUT2D eigenvalue weighted by Crippen LogP contribution is 2.28. The van der Waals surface area contributed by atoms with Gasteiger partial charge in [0.05, 0.1) is 0 Å². The maximum atomic E-state index is 11.6. The van der Waals surface area contributed by atoms with Crippen LogP contribution in [0.1, 0.15) is 21.6 Å². The number of nitrogens with zero attached hydrogens (tertiary/aromatic N) is 1. The average molecular weight is 319 g/mol. The second-order valence-corrected chi connectivity index (χ2v) is 5.43. The van der Waals surface area contributed by atoms with Gasteiger partial charge in [-0.05, 0) is 36.2 Å². The molecule has 0 aliphatic carbocycles.